The summed E-state index contributed by atoms with van der Waals surface area (Å²) < 4.78 is 19.2. The van der Waals surface area contributed by atoms with Gasteiger partial charge in [-0.2, -0.15) is 0 Å². The minimum atomic E-state index is -0.289. The number of phenolic OH excluding ortho intramolecular Hbond substituents is 1. The molecule has 3 aromatic carbocycles. The van der Waals surface area contributed by atoms with Gasteiger partial charge in [-0.1, -0.05) is 36.4 Å². The molecule has 0 atom stereocenters. The summed E-state index contributed by atoms with van der Waals surface area (Å²) >= 11 is 0. The maximum atomic E-state index is 13.3. The van der Waals surface area contributed by atoms with Gasteiger partial charge in [-0.25, -0.2) is 4.39 Å². The van der Waals surface area contributed by atoms with Crippen LogP contribution in [0.15, 0.2) is 60.7 Å². The standard InChI is InChI=1S/C21H18FO2/c1-14-10-17(22)8-9-19(14)20-11-18(23)12-21(15(20)2)24-13-16-6-4-3-5-7-16/h3-12,23H,2,13H2,1H3. The molecule has 0 spiro atoms. The average molecular weight is 321 g/mol. The van der Waals surface area contributed by atoms with E-state index in [1.165, 1.54) is 12.1 Å². The molecule has 0 aliphatic rings. The molecule has 0 saturated carbocycles. The lowest BCUT2D eigenvalue weighted by atomic mass is 9.95. The monoisotopic (exact) mass is 321 g/mol. The first-order valence-corrected chi connectivity index (χ1v) is 7.67. The van der Waals surface area contributed by atoms with Crippen LogP contribution >= 0.6 is 0 Å². The van der Waals surface area contributed by atoms with E-state index in [-0.39, 0.29) is 11.6 Å². The highest BCUT2D eigenvalue weighted by Crippen LogP contribution is 2.36. The number of rotatable bonds is 4. The predicted molar refractivity (Wildman–Crippen MR) is 93.5 cm³/mol. The maximum absolute atomic E-state index is 13.3. The van der Waals surface area contributed by atoms with Crippen LogP contribution in [-0.4, -0.2) is 5.11 Å². The van der Waals surface area contributed by atoms with E-state index in [4.69, 9.17) is 4.74 Å². The van der Waals surface area contributed by atoms with E-state index in [9.17, 15) is 9.50 Å². The average Bonchev–Trinajstić information content (AvgIpc) is 2.56. The number of aromatic hydroxyl groups is 1. The second kappa shape index (κ2) is 6.75. The number of hydrogen-bond donors (Lipinski definition) is 1. The SMILES string of the molecule is [CH2]c1c(OCc2ccccc2)cc(O)cc1-c1ccc(F)cc1C. The molecule has 1 radical (unpaired) electrons. The number of hydrogen-bond acceptors (Lipinski definition) is 2. The molecule has 0 saturated heterocycles. The van der Waals surface area contributed by atoms with Gasteiger partial charge in [0.15, 0.2) is 0 Å². The van der Waals surface area contributed by atoms with Gasteiger partial charge in [-0.15, -0.1) is 0 Å². The molecular formula is C21H18FO2. The fourth-order valence-electron chi connectivity index (χ4n) is 2.66. The van der Waals surface area contributed by atoms with Gasteiger partial charge in [0, 0.05) is 11.6 Å². The zero-order valence-electron chi connectivity index (χ0n) is 13.4. The predicted octanol–water partition coefficient (Wildman–Crippen LogP) is 5.27. The molecule has 1 N–H and O–H groups in total. The lowest BCUT2D eigenvalue weighted by Crippen LogP contribution is -1.98. The van der Waals surface area contributed by atoms with E-state index in [0.717, 1.165) is 22.3 Å². The summed E-state index contributed by atoms with van der Waals surface area (Å²) in [5.74, 6) is 0.310. The zero-order chi connectivity index (χ0) is 17.1. The molecule has 0 heterocycles. The lowest BCUT2D eigenvalue weighted by Gasteiger charge is -2.15. The third-order valence-electron chi connectivity index (χ3n) is 3.91. The van der Waals surface area contributed by atoms with Gasteiger partial charge in [0.05, 0.1) is 0 Å². The van der Waals surface area contributed by atoms with Crippen LogP contribution in [0.5, 0.6) is 11.5 Å². The van der Waals surface area contributed by atoms with Crippen molar-refractivity contribution in [2.45, 2.75) is 13.5 Å². The first-order valence-electron chi connectivity index (χ1n) is 7.67. The Morgan fingerprint density at radius 2 is 1.75 bits per heavy atom. The largest absolute Gasteiger partial charge is 0.508 e. The Balaban J connectivity index is 1.95. The van der Waals surface area contributed by atoms with Crippen molar-refractivity contribution in [3.05, 3.63) is 90.1 Å². The number of phenols is 1. The van der Waals surface area contributed by atoms with E-state index in [2.05, 4.69) is 6.92 Å². The van der Waals surface area contributed by atoms with Crippen molar-refractivity contribution in [3.8, 4) is 22.6 Å². The summed E-state index contributed by atoms with van der Waals surface area (Å²) in [4.78, 5) is 0. The molecule has 0 fully saturated rings. The summed E-state index contributed by atoms with van der Waals surface area (Å²) in [6, 6.07) is 17.5. The molecule has 0 aliphatic heterocycles. The number of ether oxygens (including phenoxy) is 1. The van der Waals surface area contributed by atoms with Crippen LogP contribution in [0.25, 0.3) is 11.1 Å². The van der Waals surface area contributed by atoms with Crippen molar-refractivity contribution in [2.24, 2.45) is 0 Å². The Hall–Kier alpha value is -2.81. The number of halogens is 1. The Bertz CT molecular complexity index is 857. The second-order valence-electron chi connectivity index (χ2n) is 5.70. The Morgan fingerprint density at radius 1 is 1.00 bits per heavy atom. The van der Waals surface area contributed by atoms with E-state index in [1.54, 1.807) is 18.2 Å². The van der Waals surface area contributed by atoms with Crippen molar-refractivity contribution < 1.29 is 14.2 Å². The molecule has 3 heteroatoms. The molecule has 0 bridgehead atoms. The van der Waals surface area contributed by atoms with Gasteiger partial charge in [-0.05, 0) is 54.3 Å². The van der Waals surface area contributed by atoms with Crippen LogP contribution in [0, 0.1) is 19.7 Å². The first kappa shape index (κ1) is 16.1. The second-order valence-corrected chi connectivity index (χ2v) is 5.70. The van der Waals surface area contributed by atoms with Gasteiger partial charge >= 0.3 is 0 Å². The van der Waals surface area contributed by atoms with Crippen LogP contribution in [0.1, 0.15) is 16.7 Å². The molecule has 0 unspecified atom stereocenters. The van der Waals surface area contributed by atoms with Gasteiger partial charge in [-0.3, -0.25) is 0 Å². The molecule has 0 amide bonds. The Morgan fingerprint density at radius 3 is 2.46 bits per heavy atom. The fraction of sp³-hybridized carbons (Fsp3) is 0.0952. The van der Waals surface area contributed by atoms with E-state index in [1.807, 2.05) is 37.3 Å². The number of benzene rings is 3. The molecule has 3 rings (SSSR count). The summed E-state index contributed by atoms with van der Waals surface area (Å²) in [6.45, 7) is 6.29. The van der Waals surface area contributed by atoms with Crippen molar-refractivity contribution in [1.82, 2.24) is 0 Å². The van der Waals surface area contributed by atoms with E-state index < -0.39 is 0 Å². The van der Waals surface area contributed by atoms with Crippen molar-refractivity contribution in [1.29, 1.82) is 0 Å². The number of aryl methyl sites for hydroxylation is 1. The minimum absolute atomic E-state index is 0.0872. The van der Waals surface area contributed by atoms with Gasteiger partial charge in [0.25, 0.3) is 0 Å². The van der Waals surface area contributed by atoms with Gasteiger partial charge in [0.1, 0.15) is 23.9 Å². The van der Waals surface area contributed by atoms with Crippen LogP contribution < -0.4 is 4.74 Å². The van der Waals surface area contributed by atoms with Crippen LogP contribution in [0.4, 0.5) is 4.39 Å². The lowest BCUT2D eigenvalue weighted by molar-refractivity contribution is 0.303. The Kier molecular flexibility index (Phi) is 4.52. The summed E-state index contributed by atoms with van der Waals surface area (Å²) in [5, 5.41) is 10.0. The van der Waals surface area contributed by atoms with Crippen LogP contribution in [-0.2, 0) is 6.61 Å². The highest BCUT2D eigenvalue weighted by Gasteiger charge is 2.13. The third-order valence-corrected chi connectivity index (χ3v) is 3.91. The molecular weight excluding hydrogens is 303 g/mol. The highest BCUT2D eigenvalue weighted by atomic mass is 19.1. The van der Waals surface area contributed by atoms with Crippen molar-refractivity contribution in [2.75, 3.05) is 0 Å². The molecule has 121 valence electrons. The normalized spacial score (nSPS) is 10.6. The van der Waals surface area contributed by atoms with Gasteiger partial charge < -0.3 is 9.84 Å². The van der Waals surface area contributed by atoms with Crippen molar-refractivity contribution >= 4 is 0 Å². The van der Waals surface area contributed by atoms with Crippen LogP contribution in [0.2, 0.25) is 0 Å². The zero-order valence-corrected chi connectivity index (χ0v) is 13.4. The quantitative estimate of drug-likeness (QED) is 0.709. The fourth-order valence-corrected chi connectivity index (χ4v) is 2.66. The molecule has 0 aromatic heterocycles. The summed E-state index contributed by atoms with van der Waals surface area (Å²) in [6.07, 6.45) is 0. The topological polar surface area (TPSA) is 29.5 Å². The smallest absolute Gasteiger partial charge is 0.127 e. The molecule has 0 aliphatic carbocycles. The molecule has 24 heavy (non-hydrogen) atoms. The summed E-state index contributed by atoms with van der Waals surface area (Å²) in [7, 11) is 0. The van der Waals surface area contributed by atoms with E-state index in [0.29, 0.717) is 17.9 Å². The highest BCUT2D eigenvalue weighted by molar-refractivity contribution is 5.75. The maximum Gasteiger partial charge on any atom is 0.127 e. The van der Waals surface area contributed by atoms with Crippen LogP contribution in [0.3, 0.4) is 0 Å². The van der Waals surface area contributed by atoms with Crippen molar-refractivity contribution in [3.63, 3.8) is 0 Å². The Labute approximate surface area is 141 Å². The van der Waals surface area contributed by atoms with Gasteiger partial charge in [0.2, 0.25) is 0 Å². The summed E-state index contributed by atoms with van der Waals surface area (Å²) in [5.41, 5.74) is 4.02. The minimum Gasteiger partial charge on any atom is -0.508 e. The molecule has 3 aromatic rings. The van der Waals surface area contributed by atoms with E-state index >= 15 is 0 Å². The molecule has 2 nitrogen and oxygen atoms in total. The first-order chi connectivity index (χ1) is 11.5. The third kappa shape index (κ3) is 3.40.